The topological polar surface area (TPSA) is 59.3 Å². The van der Waals surface area contributed by atoms with Crippen molar-refractivity contribution in [1.29, 1.82) is 5.26 Å². The van der Waals surface area contributed by atoms with Gasteiger partial charge in [0.1, 0.15) is 23.3 Å². The highest BCUT2D eigenvalue weighted by Gasteiger charge is 2.21. The predicted molar refractivity (Wildman–Crippen MR) is 108 cm³/mol. The number of aromatic nitrogens is 2. The predicted octanol–water partition coefficient (Wildman–Crippen LogP) is 3.11. The molecule has 0 amide bonds. The molecule has 146 valence electrons. The molecule has 0 aliphatic carbocycles. The molecule has 0 atom stereocenters. The third kappa shape index (κ3) is 4.01. The van der Waals surface area contributed by atoms with E-state index in [4.69, 9.17) is 5.26 Å². The maximum Gasteiger partial charge on any atom is 0.134 e. The van der Waals surface area contributed by atoms with Crippen LogP contribution >= 0.6 is 0 Å². The molecule has 2 saturated heterocycles. The van der Waals surface area contributed by atoms with Crippen LogP contribution in [-0.4, -0.2) is 49.2 Å². The zero-order chi connectivity index (χ0) is 19.5. The summed E-state index contributed by atoms with van der Waals surface area (Å²) in [6.07, 6.45) is 3.73. The molecule has 7 heteroatoms. The Kier molecular flexibility index (Phi) is 5.29. The summed E-state index contributed by atoms with van der Waals surface area (Å²) in [5, 5.41) is 9.07. The molecule has 28 heavy (non-hydrogen) atoms. The first-order valence-corrected chi connectivity index (χ1v) is 9.93. The second kappa shape index (κ2) is 8.01. The number of benzene rings is 1. The van der Waals surface area contributed by atoms with E-state index in [1.807, 2.05) is 13.0 Å². The van der Waals surface area contributed by atoms with Crippen molar-refractivity contribution in [2.45, 2.75) is 26.2 Å². The van der Waals surface area contributed by atoms with Gasteiger partial charge in [-0.25, -0.2) is 14.4 Å². The molecule has 0 unspecified atom stereocenters. The molecule has 0 bridgehead atoms. The number of nitrogens with zero attached hydrogens (tertiary/aromatic N) is 6. The van der Waals surface area contributed by atoms with Gasteiger partial charge in [-0.05, 0) is 44.4 Å². The molecule has 2 aliphatic rings. The SMILES string of the molecule is Cc1nc(N2CCCCC2)cc(N2CCN(c3cc(F)cc(C#N)c3)CC2)n1. The van der Waals surface area contributed by atoms with Crippen LogP contribution in [0.5, 0.6) is 0 Å². The number of hydrogen-bond donors (Lipinski definition) is 0. The van der Waals surface area contributed by atoms with E-state index < -0.39 is 0 Å². The molecule has 0 N–H and O–H groups in total. The molecule has 3 heterocycles. The molecule has 2 aliphatic heterocycles. The maximum atomic E-state index is 13.8. The van der Waals surface area contributed by atoms with Gasteiger partial charge >= 0.3 is 0 Å². The van der Waals surface area contributed by atoms with Gasteiger partial charge in [0.2, 0.25) is 0 Å². The monoisotopic (exact) mass is 380 g/mol. The molecule has 6 nitrogen and oxygen atoms in total. The van der Waals surface area contributed by atoms with Gasteiger partial charge in [0, 0.05) is 51.0 Å². The molecule has 1 aromatic carbocycles. The number of hydrogen-bond acceptors (Lipinski definition) is 6. The van der Waals surface area contributed by atoms with Crippen molar-refractivity contribution in [3.05, 3.63) is 41.5 Å². The third-order valence-electron chi connectivity index (χ3n) is 5.47. The molecular weight excluding hydrogens is 355 g/mol. The van der Waals surface area contributed by atoms with Gasteiger partial charge in [-0.2, -0.15) is 5.26 Å². The van der Waals surface area contributed by atoms with Crippen molar-refractivity contribution in [2.75, 3.05) is 54.0 Å². The van der Waals surface area contributed by atoms with Crippen molar-refractivity contribution in [3.8, 4) is 6.07 Å². The summed E-state index contributed by atoms with van der Waals surface area (Å²) in [5.74, 6) is 2.41. The second-order valence-corrected chi connectivity index (χ2v) is 7.46. The van der Waals surface area contributed by atoms with Crippen LogP contribution < -0.4 is 14.7 Å². The molecule has 2 fully saturated rings. The number of piperazine rings is 1. The highest BCUT2D eigenvalue weighted by atomic mass is 19.1. The zero-order valence-electron chi connectivity index (χ0n) is 16.2. The summed E-state index contributed by atoms with van der Waals surface area (Å²) in [7, 11) is 0. The van der Waals surface area contributed by atoms with Crippen LogP contribution in [-0.2, 0) is 0 Å². The molecule has 1 aromatic heterocycles. The number of halogens is 1. The fraction of sp³-hybridized carbons (Fsp3) is 0.476. The summed E-state index contributed by atoms with van der Waals surface area (Å²) in [6, 6.07) is 8.65. The Morgan fingerprint density at radius 1 is 0.821 bits per heavy atom. The summed E-state index contributed by atoms with van der Waals surface area (Å²) in [5.41, 5.74) is 1.12. The Morgan fingerprint density at radius 3 is 2.07 bits per heavy atom. The Hall–Kier alpha value is -2.88. The number of aryl methyl sites for hydroxylation is 1. The van der Waals surface area contributed by atoms with Gasteiger partial charge in [0.15, 0.2) is 0 Å². The van der Waals surface area contributed by atoms with Crippen molar-refractivity contribution >= 4 is 17.3 Å². The lowest BCUT2D eigenvalue weighted by Crippen LogP contribution is -2.47. The van der Waals surface area contributed by atoms with E-state index in [1.54, 1.807) is 6.07 Å². The van der Waals surface area contributed by atoms with Crippen molar-refractivity contribution < 1.29 is 4.39 Å². The normalized spacial score (nSPS) is 17.5. The van der Waals surface area contributed by atoms with Gasteiger partial charge in [0.25, 0.3) is 0 Å². The van der Waals surface area contributed by atoms with Crippen LogP contribution in [0.1, 0.15) is 30.7 Å². The van der Waals surface area contributed by atoms with Crippen LogP contribution in [0, 0.1) is 24.1 Å². The van der Waals surface area contributed by atoms with E-state index in [0.29, 0.717) is 5.56 Å². The fourth-order valence-electron chi connectivity index (χ4n) is 4.00. The highest BCUT2D eigenvalue weighted by Crippen LogP contribution is 2.25. The molecule has 0 radical (unpaired) electrons. The highest BCUT2D eigenvalue weighted by molar-refractivity contribution is 5.55. The Balaban J connectivity index is 1.47. The standard InChI is InChI=1S/C21H25FN6/c1-16-24-20(27-5-3-2-4-6-27)14-21(25-16)28-9-7-26(8-10-28)19-12-17(15-23)11-18(22)13-19/h11-14H,2-10H2,1H3. The van der Waals surface area contributed by atoms with Gasteiger partial charge < -0.3 is 14.7 Å². The van der Waals surface area contributed by atoms with Crippen molar-refractivity contribution in [1.82, 2.24) is 9.97 Å². The number of rotatable bonds is 3. The minimum absolute atomic E-state index is 0.357. The maximum absolute atomic E-state index is 13.8. The Bertz CT molecular complexity index is 879. The minimum Gasteiger partial charge on any atom is -0.368 e. The minimum atomic E-state index is -0.367. The number of nitriles is 1. The Labute approximate surface area is 165 Å². The molecule has 0 saturated carbocycles. The number of piperidine rings is 1. The van der Waals surface area contributed by atoms with Gasteiger partial charge in [-0.3, -0.25) is 0 Å². The second-order valence-electron chi connectivity index (χ2n) is 7.46. The van der Waals surface area contributed by atoms with E-state index in [-0.39, 0.29) is 5.82 Å². The van der Waals surface area contributed by atoms with Gasteiger partial charge in [0.05, 0.1) is 11.6 Å². The first kappa shape index (κ1) is 18.5. The summed E-state index contributed by atoms with van der Waals surface area (Å²) < 4.78 is 13.8. The lowest BCUT2D eigenvalue weighted by Gasteiger charge is -2.37. The molecule has 2 aromatic rings. The van der Waals surface area contributed by atoms with E-state index in [9.17, 15) is 4.39 Å². The average molecular weight is 380 g/mol. The first-order valence-electron chi connectivity index (χ1n) is 9.93. The molecular formula is C21H25FN6. The Morgan fingerprint density at radius 2 is 1.43 bits per heavy atom. The van der Waals surface area contributed by atoms with E-state index >= 15 is 0 Å². The van der Waals surface area contributed by atoms with Crippen molar-refractivity contribution in [2.24, 2.45) is 0 Å². The van der Waals surface area contributed by atoms with Crippen molar-refractivity contribution in [3.63, 3.8) is 0 Å². The number of anilines is 3. The lowest BCUT2D eigenvalue weighted by atomic mass is 10.1. The summed E-state index contributed by atoms with van der Waals surface area (Å²) >= 11 is 0. The molecule has 4 rings (SSSR count). The van der Waals surface area contributed by atoms with Crippen LogP contribution in [0.15, 0.2) is 24.3 Å². The quantitative estimate of drug-likeness (QED) is 0.815. The lowest BCUT2D eigenvalue weighted by molar-refractivity contribution is 0.572. The van der Waals surface area contributed by atoms with Crippen LogP contribution in [0.4, 0.5) is 21.7 Å². The smallest absolute Gasteiger partial charge is 0.134 e. The summed E-state index contributed by atoms with van der Waals surface area (Å²) in [6.45, 7) is 7.19. The molecule has 0 spiro atoms. The van der Waals surface area contributed by atoms with E-state index in [2.05, 4.69) is 30.7 Å². The van der Waals surface area contributed by atoms with Crippen LogP contribution in [0.3, 0.4) is 0 Å². The zero-order valence-corrected chi connectivity index (χ0v) is 16.2. The van der Waals surface area contributed by atoms with Gasteiger partial charge in [-0.1, -0.05) is 0 Å². The summed E-state index contributed by atoms with van der Waals surface area (Å²) in [4.78, 5) is 16.1. The van der Waals surface area contributed by atoms with Gasteiger partial charge in [-0.15, -0.1) is 0 Å². The van der Waals surface area contributed by atoms with Crippen LogP contribution in [0.25, 0.3) is 0 Å². The van der Waals surface area contributed by atoms with E-state index in [1.165, 1.54) is 31.4 Å². The largest absolute Gasteiger partial charge is 0.368 e. The third-order valence-corrected chi connectivity index (χ3v) is 5.47. The fourth-order valence-corrected chi connectivity index (χ4v) is 4.00. The van der Waals surface area contributed by atoms with Crippen LogP contribution in [0.2, 0.25) is 0 Å². The average Bonchev–Trinajstić information content (AvgIpc) is 2.73. The first-order chi connectivity index (χ1) is 13.6. The van der Waals surface area contributed by atoms with E-state index in [0.717, 1.165) is 62.4 Å².